The Hall–Kier alpha value is -1.35. The summed E-state index contributed by atoms with van der Waals surface area (Å²) in [6.45, 7) is 0.619. The summed E-state index contributed by atoms with van der Waals surface area (Å²) in [4.78, 5) is 12.0. The topological polar surface area (TPSA) is 38.3 Å². The molecular weight excluding hydrogens is 214 g/mol. The maximum atomic E-state index is 12.0. The average molecular weight is 231 g/mol. The molecule has 1 N–H and O–H groups in total. The molecule has 2 saturated heterocycles. The minimum atomic E-state index is 0.0810. The van der Waals surface area contributed by atoms with E-state index < -0.39 is 0 Å². The van der Waals surface area contributed by atoms with Crippen LogP contribution in [0, 0.1) is 5.92 Å². The number of benzene rings is 1. The Balaban J connectivity index is 1.54. The number of carbonyl (C=O) groups excluding carboxylic acids is 1. The highest BCUT2D eigenvalue weighted by molar-refractivity contribution is 5.79. The molecule has 90 valence electrons. The van der Waals surface area contributed by atoms with Gasteiger partial charge in [0.15, 0.2) is 0 Å². The van der Waals surface area contributed by atoms with Crippen molar-refractivity contribution >= 4 is 5.91 Å². The zero-order chi connectivity index (χ0) is 11.7. The van der Waals surface area contributed by atoms with Crippen LogP contribution in [-0.2, 0) is 16.1 Å². The Morgan fingerprint density at radius 1 is 1.29 bits per heavy atom. The molecule has 0 aromatic heterocycles. The van der Waals surface area contributed by atoms with Crippen molar-refractivity contribution in [1.29, 1.82) is 0 Å². The number of fused-ring (bicyclic) bond motifs is 2. The maximum absolute atomic E-state index is 12.0. The van der Waals surface area contributed by atoms with Crippen molar-refractivity contribution in [2.45, 2.75) is 38.0 Å². The van der Waals surface area contributed by atoms with E-state index in [1.54, 1.807) is 0 Å². The molecule has 0 radical (unpaired) electrons. The monoisotopic (exact) mass is 231 g/mol. The zero-order valence-electron chi connectivity index (χ0n) is 9.76. The third kappa shape index (κ3) is 2.20. The first-order valence-electron chi connectivity index (χ1n) is 6.30. The van der Waals surface area contributed by atoms with Crippen molar-refractivity contribution in [1.82, 2.24) is 5.32 Å². The second kappa shape index (κ2) is 4.49. The van der Waals surface area contributed by atoms with Crippen LogP contribution in [0.3, 0.4) is 0 Å². The molecule has 3 heteroatoms. The van der Waals surface area contributed by atoms with Gasteiger partial charge in [-0.25, -0.2) is 0 Å². The van der Waals surface area contributed by atoms with Gasteiger partial charge in [-0.1, -0.05) is 30.3 Å². The molecule has 3 rings (SSSR count). The first-order chi connectivity index (χ1) is 8.33. The molecule has 3 unspecified atom stereocenters. The number of ether oxygens (including phenoxy) is 1. The van der Waals surface area contributed by atoms with E-state index in [2.05, 4.69) is 5.32 Å². The highest BCUT2D eigenvalue weighted by Crippen LogP contribution is 2.38. The molecule has 17 heavy (non-hydrogen) atoms. The Labute approximate surface area is 101 Å². The van der Waals surface area contributed by atoms with Gasteiger partial charge in [-0.3, -0.25) is 4.79 Å². The van der Waals surface area contributed by atoms with Crippen LogP contribution in [0.4, 0.5) is 0 Å². The molecular formula is C14H17NO2. The van der Waals surface area contributed by atoms with E-state index in [0.717, 1.165) is 24.8 Å². The van der Waals surface area contributed by atoms with Crippen LogP contribution in [0.25, 0.3) is 0 Å². The average Bonchev–Trinajstić information content (AvgIpc) is 2.99. The third-order valence-electron chi connectivity index (χ3n) is 3.75. The van der Waals surface area contributed by atoms with Crippen LogP contribution >= 0.6 is 0 Å². The predicted molar refractivity (Wildman–Crippen MR) is 64.3 cm³/mol. The van der Waals surface area contributed by atoms with Crippen molar-refractivity contribution in [2.24, 2.45) is 5.92 Å². The second-order valence-electron chi connectivity index (χ2n) is 4.92. The Kier molecular flexibility index (Phi) is 2.85. The largest absolute Gasteiger partial charge is 0.374 e. The van der Waals surface area contributed by atoms with Gasteiger partial charge in [0, 0.05) is 6.54 Å². The van der Waals surface area contributed by atoms with Gasteiger partial charge in [0.25, 0.3) is 0 Å². The second-order valence-corrected chi connectivity index (χ2v) is 4.92. The van der Waals surface area contributed by atoms with Gasteiger partial charge >= 0.3 is 0 Å². The highest BCUT2D eigenvalue weighted by Gasteiger charge is 2.44. The number of hydrogen-bond acceptors (Lipinski definition) is 2. The molecule has 0 spiro atoms. The van der Waals surface area contributed by atoms with Gasteiger partial charge in [-0.2, -0.15) is 0 Å². The third-order valence-corrected chi connectivity index (χ3v) is 3.75. The molecule has 1 aromatic rings. The summed E-state index contributed by atoms with van der Waals surface area (Å²) in [6.07, 6.45) is 3.61. The normalized spacial score (nSPS) is 30.5. The van der Waals surface area contributed by atoms with Gasteiger partial charge in [0.1, 0.15) is 0 Å². The zero-order valence-corrected chi connectivity index (χ0v) is 9.76. The fraction of sp³-hybridized carbons (Fsp3) is 0.500. The molecule has 1 aromatic carbocycles. The Bertz CT molecular complexity index is 404. The number of rotatable bonds is 3. The van der Waals surface area contributed by atoms with Crippen LogP contribution in [-0.4, -0.2) is 18.1 Å². The first kappa shape index (κ1) is 10.8. The van der Waals surface area contributed by atoms with E-state index in [4.69, 9.17) is 4.74 Å². The van der Waals surface area contributed by atoms with E-state index in [9.17, 15) is 4.79 Å². The molecule has 3 nitrogen and oxygen atoms in total. The molecule has 2 heterocycles. The molecule has 0 aliphatic carbocycles. The minimum Gasteiger partial charge on any atom is -0.374 e. The summed E-state index contributed by atoms with van der Waals surface area (Å²) in [5, 5.41) is 3.01. The van der Waals surface area contributed by atoms with E-state index in [0.29, 0.717) is 12.6 Å². The summed E-state index contributed by atoms with van der Waals surface area (Å²) in [5.41, 5.74) is 1.14. The lowest BCUT2D eigenvalue weighted by atomic mass is 9.88. The van der Waals surface area contributed by atoms with Crippen molar-refractivity contribution < 1.29 is 9.53 Å². The van der Waals surface area contributed by atoms with Gasteiger partial charge in [0.05, 0.1) is 18.1 Å². The van der Waals surface area contributed by atoms with Crippen molar-refractivity contribution in [3.05, 3.63) is 35.9 Å². The van der Waals surface area contributed by atoms with Crippen LogP contribution in [0.15, 0.2) is 30.3 Å². The number of amides is 1. The maximum Gasteiger partial charge on any atom is 0.226 e. The smallest absolute Gasteiger partial charge is 0.226 e. The quantitative estimate of drug-likeness (QED) is 0.862. The molecule has 2 aliphatic heterocycles. The highest BCUT2D eigenvalue weighted by atomic mass is 16.5. The van der Waals surface area contributed by atoms with Gasteiger partial charge in [0.2, 0.25) is 5.91 Å². The van der Waals surface area contributed by atoms with Gasteiger partial charge in [-0.05, 0) is 24.8 Å². The SMILES string of the molecule is O=C(NCc1ccccc1)C1CC2CCC1O2. The summed E-state index contributed by atoms with van der Waals surface area (Å²) in [6, 6.07) is 10.0. The minimum absolute atomic E-state index is 0.0810. The van der Waals surface area contributed by atoms with E-state index >= 15 is 0 Å². The molecule has 2 aliphatic rings. The molecule has 1 amide bonds. The number of nitrogens with one attached hydrogen (secondary N) is 1. The summed E-state index contributed by atoms with van der Waals surface area (Å²) in [7, 11) is 0. The van der Waals surface area contributed by atoms with Gasteiger partial charge < -0.3 is 10.1 Å². The van der Waals surface area contributed by atoms with Crippen LogP contribution in [0.1, 0.15) is 24.8 Å². The van der Waals surface area contributed by atoms with Gasteiger partial charge in [-0.15, -0.1) is 0 Å². The lowest BCUT2D eigenvalue weighted by Gasteiger charge is -2.17. The lowest BCUT2D eigenvalue weighted by Crippen LogP contribution is -2.35. The Morgan fingerprint density at radius 2 is 2.12 bits per heavy atom. The summed E-state index contributed by atoms with van der Waals surface area (Å²) in [5.74, 6) is 0.235. The summed E-state index contributed by atoms with van der Waals surface area (Å²) < 4.78 is 5.70. The molecule has 2 fully saturated rings. The standard InChI is InChI=1S/C14H17NO2/c16-14(12-8-11-6-7-13(12)17-11)15-9-10-4-2-1-3-5-10/h1-5,11-13H,6-9H2,(H,15,16). The predicted octanol–water partition coefficient (Wildman–Crippen LogP) is 1.87. The van der Waals surface area contributed by atoms with Crippen molar-refractivity contribution in [2.75, 3.05) is 0 Å². The van der Waals surface area contributed by atoms with Crippen molar-refractivity contribution in [3.8, 4) is 0 Å². The molecule has 2 bridgehead atoms. The molecule has 0 saturated carbocycles. The van der Waals surface area contributed by atoms with Crippen molar-refractivity contribution in [3.63, 3.8) is 0 Å². The van der Waals surface area contributed by atoms with Crippen LogP contribution in [0.2, 0.25) is 0 Å². The number of hydrogen-bond donors (Lipinski definition) is 1. The van der Waals surface area contributed by atoms with Crippen LogP contribution in [0.5, 0.6) is 0 Å². The fourth-order valence-corrected chi connectivity index (χ4v) is 2.83. The first-order valence-corrected chi connectivity index (χ1v) is 6.30. The van der Waals surface area contributed by atoms with E-state index in [1.165, 1.54) is 0 Å². The fourth-order valence-electron chi connectivity index (χ4n) is 2.83. The van der Waals surface area contributed by atoms with Crippen LogP contribution < -0.4 is 5.32 Å². The Morgan fingerprint density at radius 3 is 2.76 bits per heavy atom. The lowest BCUT2D eigenvalue weighted by molar-refractivity contribution is -0.126. The van der Waals surface area contributed by atoms with E-state index in [1.807, 2.05) is 30.3 Å². The summed E-state index contributed by atoms with van der Waals surface area (Å²) >= 11 is 0. The number of carbonyl (C=O) groups is 1. The van der Waals surface area contributed by atoms with E-state index in [-0.39, 0.29) is 17.9 Å². The molecule has 3 atom stereocenters.